The standard InChI is InChI=1S/C25H22F4N2O3/c1-16-12-23(22(26)14-18-6-8-21(9-7-18)34-25(27,28)29)30-31(16)15-19-4-3-5-20(13-19)24(10-11-24)33-17(2)32/h3-9,12-14H,10-11,15H2,1-2H3. The Hall–Kier alpha value is -3.62. The maximum Gasteiger partial charge on any atom is 0.573 e. The second-order valence-corrected chi connectivity index (χ2v) is 8.23. The molecule has 1 aliphatic rings. The van der Waals surface area contributed by atoms with Crippen LogP contribution in [0.2, 0.25) is 0 Å². The Morgan fingerprint density at radius 3 is 2.47 bits per heavy atom. The summed E-state index contributed by atoms with van der Waals surface area (Å²) in [7, 11) is 0. The maximum absolute atomic E-state index is 14.8. The number of esters is 1. The molecule has 1 heterocycles. The van der Waals surface area contributed by atoms with Crippen molar-refractivity contribution >= 4 is 17.9 Å². The molecule has 1 aliphatic carbocycles. The SMILES string of the molecule is CC(=O)OC1(c2cccc(Cn3nc(C(F)=Cc4ccc(OC(F)(F)F)cc4)cc3C)c2)CC1. The molecule has 3 aromatic rings. The first kappa shape index (κ1) is 23.5. The molecule has 1 fully saturated rings. The minimum Gasteiger partial charge on any atom is -0.454 e. The van der Waals surface area contributed by atoms with Crippen LogP contribution in [0.15, 0.2) is 54.6 Å². The number of benzene rings is 2. The van der Waals surface area contributed by atoms with Crippen molar-refractivity contribution in [2.75, 3.05) is 0 Å². The molecule has 2 aromatic carbocycles. The molecule has 178 valence electrons. The normalized spacial score (nSPS) is 15.2. The minimum absolute atomic E-state index is 0.114. The highest BCUT2D eigenvalue weighted by molar-refractivity contribution is 5.75. The highest BCUT2D eigenvalue weighted by Gasteiger charge is 2.48. The summed E-state index contributed by atoms with van der Waals surface area (Å²) in [5.74, 6) is -1.32. The summed E-state index contributed by atoms with van der Waals surface area (Å²) in [5.41, 5.74) is 2.52. The Labute approximate surface area is 193 Å². The molecule has 1 aromatic heterocycles. The number of alkyl halides is 3. The lowest BCUT2D eigenvalue weighted by molar-refractivity contribution is -0.274. The van der Waals surface area contributed by atoms with E-state index in [0.717, 1.165) is 41.8 Å². The van der Waals surface area contributed by atoms with E-state index in [0.29, 0.717) is 12.1 Å². The summed E-state index contributed by atoms with van der Waals surface area (Å²) in [6, 6.07) is 14.2. The first-order valence-corrected chi connectivity index (χ1v) is 10.6. The zero-order valence-electron chi connectivity index (χ0n) is 18.5. The molecule has 0 N–H and O–H groups in total. The zero-order valence-corrected chi connectivity index (χ0v) is 18.5. The van der Waals surface area contributed by atoms with Gasteiger partial charge < -0.3 is 9.47 Å². The fraction of sp³-hybridized carbons (Fsp3) is 0.280. The number of carbonyl (C=O) groups excluding carboxylic acids is 1. The molecule has 0 bridgehead atoms. The van der Waals surface area contributed by atoms with Crippen molar-refractivity contribution in [3.05, 3.63) is 82.7 Å². The van der Waals surface area contributed by atoms with Crippen LogP contribution in [0.25, 0.3) is 11.9 Å². The molecule has 34 heavy (non-hydrogen) atoms. The van der Waals surface area contributed by atoms with Crippen LogP contribution in [0.4, 0.5) is 17.6 Å². The van der Waals surface area contributed by atoms with E-state index in [4.69, 9.17) is 4.74 Å². The van der Waals surface area contributed by atoms with Gasteiger partial charge in [0.2, 0.25) is 0 Å². The van der Waals surface area contributed by atoms with E-state index < -0.39 is 17.8 Å². The molecule has 5 nitrogen and oxygen atoms in total. The molecular weight excluding hydrogens is 452 g/mol. The topological polar surface area (TPSA) is 53.4 Å². The quantitative estimate of drug-likeness (QED) is 0.304. The zero-order chi connectivity index (χ0) is 24.5. The van der Waals surface area contributed by atoms with Gasteiger partial charge in [0.25, 0.3) is 0 Å². The van der Waals surface area contributed by atoms with Crippen molar-refractivity contribution in [1.82, 2.24) is 9.78 Å². The number of hydrogen-bond donors (Lipinski definition) is 0. The largest absolute Gasteiger partial charge is 0.573 e. The summed E-state index contributed by atoms with van der Waals surface area (Å²) >= 11 is 0. The highest BCUT2D eigenvalue weighted by atomic mass is 19.4. The van der Waals surface area contributed by atoms with E-state index in [9.17, 15) is 22.4 Å². The van der Waals surface area contributed by atoms with Gasteiger partial charge in [-0.05, 0) is 66.8 Å². The van der Waals surface area contributed by atoms with E-state index in [2.05, 4.69) is 9.84 Å². The van der Waals surface area contributed by atoms with Gasteiger partial charge in [-0.15, -0.1) is 13.2 Å². The van der Waals surface area contributed by atoms with E-state index in [1.807, 2.05) is 24.3 Å². The molecule has 1 saturated carbocycles. The highest BCUT2D eigenvalue weighted by Crippen LogP contribution is 2.49. The summed E-state index contributed by atoms with van der Waals surface area (Å²) in [5, 5.41) is 4.34. The van der Waals surface area contributed by atoms with Crippen LogP contribution < -0.4 is 4.74 Å². The van der Waals surface area contributed by atoms with Crippen LogP contribution in [0.3, 0.4) is 0 Å². The average Bonchev–Trinajstić information content (AvgIpc) is 3.44. The van der Waals surface area contributed by atoms with E-state index in [-0.39, 0.29) is 17.4 Å². The molecule has 0 radical (unpaired) electrons. The van der Waals surface area contributed by atoms with Crippen molar-refractivity contribution in [2.45, 2.75) is 45.2 Å². The summed E-state index contributed by atoms with van der Waals surface area (Å²) in [6.07, 6.45) is -2.03. The number of aromatic nitrogens is 2. The van der Waals surface area contributed by atoms with Gasteiger partial charge in [0, 0.05) is 12.6 Å². The van der Waals surface area contributed by atoms with Gasteiger partial charge >= 0.3 is 12.3 Å². The molecule has 0 aliphatic heterocycles. The van der Waals surface area contributed by atoms with E-state index in [1.165, 1.54) is 25.1 Å². The lowest BCUT2D eigenvalue weighted by Gasteiger charge is -2.17. The summed E-state index contributed by atoms with van der Waals surface area (Å²) in [6.45, 7) is 3.59. The Bertz CT molecular complexity index is 1230. The molecule has 0 amide bonds. The number of rotatable bonds is 7. The molecule has 9 heteroatoms. The number of carbonyl (C=O) groups is 1. The van der Waals surface area contributed by atoms with Crippen LogP contribution in [0.5, 0.6) is 5.75 Å². The third-order valence-electron chi connectivity index (χ3n) is 5.46. The van der Waals surface area contributed by atoms with Crippen molar-refractivity contribution in [3.63, 3.8) is 0 Å². The smallest absolute Gasteiger partial charge is 0.454 e. The monoisotopic (exact) mass is 474 g/mol. The second-order valence-electron chi connectivity index (χ2n) is 8.23. The number of ether oxygens (including phenoxy) is 2. The van der Waals surface area contributed by atoms with Crippen molar-refractivity contribution in [2.24, 2.45) is 0 Å². The third-order valence-corrected chi connectivity index (χ3v) is 5.46. The van der Waals surface area contributed by atoms with Crippen molar-refractivity contribution in [1.29, 1.82) is 0 Å². The summed E-state index contributed by atoms with van der Waals surface area (Å²) in [4.78, 5) is 11.4. The van der Waals surface area contributed by atoms with E-state index >= 15 is 0 Å². The Morgan fingerprint density at radius 2 is 1.85 bits per heavy atom. The van der Waals surface area contributed by atoms with Crippen LogP contribution in [0, 0.1) is 6.92 Å². The van der Waals surface area contributed by atoms with E-state index in [1.54, 1.807) is 17.7 Å². The minimum atomic E-state index is -4.79. The van der Waals surface area contributed by atoms with Gasteiger partial charge in [0.05, 0.1) is 6.54 Å². The molecule has 0 saturated heterocycles. The fourth-order valence-electron chi connectivity index (χ4n) is 3.74. The fourth-order valence-corrected chi connectivity index (χ4v) is 3.74. The number of nitrogens with zero attached hydrogens (tertiary/aromatic N) is 2. The average molecular weight is 474 g/mol. The Balaban J connectivity index is 1.49. The van der Waals surface area contributed by atoms with Gasteiger partial charge in [-0.25, -0.2) is 4.39 Å². The van der Waals surface area contributed by atoms with Gasteiger partial charge in [0.15, 0.2) is 5.83 Å². The first-order valence-electron chi connectivity index (χ1n) is 10.6. The number of aryl methyl sites for hydroxylation is 1. The first-order chi connectivity index (χ1) is 16.0. The van der Waals surface area contributed by atoms with Crippen molar-refractivity contribution in [3.8, 4) is 5.75 Å². The molecular formula is C25H22F4N2O3. The number of halogens is 4. The summed E-state index contributed by atoms with van der Waals surface area (Å²) < 4.78 is 62.6. The van der Waals surface area contributed by atoms with Gasteiger partial charge in [0.1, 0.15) is 17.0 Å². The molecule has 4 rings (SSSR count). The van der Waals surface area contributed by atoms with Crippen LogP contribution in [0.1, 0.15) is 47.8 Å². The van der Waals surface area contributed by atoms with Crippen molar-refractivity contribution < 1.29 is 31.8 Å². The van der Waals surface area contributed by atoms with Gasteiger partial charge in [-0.3, -0.25) is 9.48 Å². The van der Waals surface area contributed by atoms with Crippen LogP contribution >= 0.6 is 0 Å². The van der Waals surface area contributed by atoms with Crippen LogP contribution in [-0.4, -0.2) is 22.1 Å². The molecule has 0 atom stereocenters. The number of hydrogen-bond acceptors (Lipinski definition) is 4. The Morgan fingerprint density at radius 1 is 1.15 bits per heavy atom. The predicted octanol–water partition coefficient (Wildman–Crippen LogP) is 6.16. The third kappa shape index (κ3) is 5.65. The van der Waals surface area contributed by atoms with Gasteiger partial charge in [-0.1, -0.05) is 30.3 Å². The maximum atomic E-state index is 14.8. The lowest BCUT2D eigenvalue weighted by Crippen LogP contribution is -2.16. The Kier molecular flexibility index (Phi) is 6.20. The lowest BCUT2D eigenvalue weighted by atomic mass is 10.0. The molecule has 0 unspecified atom stereocenters. The van der Waals surface area contributed by atoms with Crippen LogP contribution in [-0.2, 0) is 21.7 Å². The second kappa shape index (κ2) is 8.96. The van der Waals surface area contributed by atoms with Gasteiger partial charge in [-0.2, -0.15) is 5.10 Å². The molecule has 0 spiro atoms. The predicted molar refractivity (Wildman–Crippen MR) is 117 cm³/mol.